The van der Waals surface area contributed by atoms with Crippen molar-refractivity contribution in [1.29, 1.82) is 0 Å². The predicted octanol–water partition coefficient (Wildman–Crippen LogP) is 3.87. The molecule has 2 aromatic carbocycles. The number of rotatable bonds is 7. The van der Waals surface area contributed by atoms with Crippen molar-refractivity contribution in [3.8, 4) is 11.5 Å². The maximum absolute atomic E-state index is 5.84. The summed E-state index contributed by atoms with van der Waals surface area (Å²) in [5, 5.41) is 3.41. The van der Waals surface area contributed by atoms with Crippen LogP contribution in [-0.4, -0.2) is 26.4 Å². The van der Waals surface area contributed by atoms with Crippen molar-refractivity contribution in [3.63, 3.8) is 0 Å². The monoisotopic (exact) mass is 313 g/mol. The van der Waals surface area contributed by atoms with Crippen LogP contribution in [0.25, 0.3) is 0 Å². The molecule has 1 saturated heterocycles. The van der Waals surface area contributed by atoms with Gasteiger partial charge >= 0.3 is 0 Å². The minimum Gasteiger partial charge on any atom is -0.496 e. The molecule has 2 aromatic rings. The molecule has 4 nitrogen and oxygen atoms in total. The predicted molar refractivity (Wildman–Crippen MR) is 91.2 cm³/mol. The molecule has 23 heavy (non-hydrogen) atoms. The van der Waals surface area contributed by atoms with Gasteiger partial charge < -0.3 is 19.5 Å². The number of benzene rings is 2. The number of anilines is 1. The van der Waals surface area contributed by atoms with Crippen molar-refractivity contribution >= 4 is 5.69 Å². The standard InChI is InChI=1S/C19H23NO3/c1-21-19-10-3-2-6-15(19)13-20-16-7-4-8-17(12-16)23-14-18-9-5-11-22-18/h2-4,6-8,10,12,18,20H,5,9,11,13-14H2,1H3. The van der Waals surface area contributed by atoms with Gasteiger partial charge in [-0.1, -0.05) is 24.3 Å². The second-order valence-corrected chi connectivity index (χ2v) is 5.64. The highest BCUT2D eigenvalue weighted by Crippen LogP contribution is 2.22. The number of para-hydroxylation sites is 1. The zero-order valence-electron chi connectivity index (χ0n) is 13.5. The van der Waals surface area contributed by atoms with Gasteiger partial charge in [-0.2, -0.15) is 0 Å². The summed E-state index contributed by atoms with van der Waals surface area (Å²) < 4.78 is 16.8. The molecular weight excluding hydrogens is 290 g/mol. The second kappa shape index (κ2) is 7.88. The van der Waals surface area contributed by atoms with E-state index in [1.807, 2.05) is 42.5 Å². The summed E-state index contributed by atoms with van der Waals surface area (Å²) in [5.41, 5.74) is 2.15. The van der Waals surface area contributed by atoms with Crippen LogP contribution < -0.4 is 14.8 Å². The largest absolute Gasteiger partial charge is 0.496 e. The molecule has 122 valence electrons. The third-order valence-electron chi connectivity index (χ3n) is 3.97. The Balaban J connectivity index is 1.56. The van der Waals surface area contributed by atoms with Gasteiger partial charge in [0, 0.05) is 30.5 Å². The normalized spacial score (nSPS) is 17.0. The fraction of sp³-hybridized carbons (Fsp3) is 0.368. The fourth-order valence-corrected chi connectivity index (χ4v) is 2.71. The first-order valence-electron chi connectivity index (χ1n) is 8.05. The van der Waals surface area contributed by atoms with Crippen LogP contribution in [0.15, 0.2) is 48.5 Å². The van der Waals surface area contributed by atoms with Crippen LogP contribution in [0.5, 0.6) is 11.5 Å². The molecule has 3 rings (SSSR count). The van der Waals surface area contributed by atoms with Crippen molar-refractivity contribution in [1.82, 2.24) is 0 Å². The molecule has 1 N–H and O–H groups in total. The van der Waals surface area contributed by atoms with Gasteiger partial charge in [-0.15, -0.1) is 0 Å². The van der Waals surface area contributed by atoms with Gasteiger partial charge in [-0.25, -0.2) is 0 Å². The number of methoxy groups -OCH3 is 1. The first kappa shape index (κ1) is 15.7. The van der Waals surface area contributed by atoms with Crippen LogP contribution in [0.3, 0.4) is 0 Å². The average molecular weight is 313 g/mol. The molecule has 1 heterocycles. The first-order chi connectivity index (χ1) is 11.3. The molecule has 1 fully saturated rings. The molecular formula is C19H23NO3. The first-order valence-corrected chi connectivity index (χ1v) is 8.05. The van der Waals surface area contributed by atoms with Crippen LogP contribution in [0, 0.1) is 0 Å². The SMILES string of the molecule is COc1ccccc1CNc1cccc(OCC2CCCO2)c1. The summed E-state index contributed by atoms with van der Waals surface area (Å²) >= 11 is 0. The smallest absolute Gasteiger partial charge is 0.123 e. The van der Waals surface area contributed by atoms with Gasteiger partial charge in [0.2, 0.25) is 0 Å². The molecule has 1 atom stereocenters. The van der Waals surface area contributed by atoms with Gasteiger partial charge in [0.05, 0.1) is 13.2 Å². The molecule has 1 aliphatic heterocycles. The van der Waals surface area contributed by atoms with E-state index in [2.05, 4.69) is 11.4 Å². The van der Waals surface area contributed by atoms with Crippen molar-refractivity contribution in [2.75, 3.05) is 25.6 Å². The van der Waals surface area contributed by atoms with Crippen LogP contribution in [0.1, 0.15) is 18.4 Å². The van der Waals surface area contributed by atoms with Gasteiger partial charge in [0.25, 0.3) is 0 Å². The summed E-state index contributed by atoms with van der Waals surface area (Å²) in [5.74, 6) is 1.76. The summed E-state index contributed by atoms with van der Waals surface area (Å²) in [6.07, 6.45) is 2.46. The van der Waals surface area contributed by atoms with E-state index in [4.69, 9.17) is 14.2 Å². The third kappa shape index (κ3) is 4.39. The summed E-state index contributed by atoms with van der Waals surface area (Å²) in [6, 6.07) is 16.0. The lowest BCUT2D eigenvalue weighted by atomic mass is 10.2. The Morgan fingerprint density at radius 2 is 2.09 bits per heavy atom. The van der Waals surface area contributed by atoms with E-state index in [1.165, 1.54) is 0 Å². The molecule has 0 aromatic heterocycles. The summed E-state index contributed by atoms with van der Waals surface area (Å²) in [7, 11) is 1.69. The number of nitrogens with one attached hydrogen (secondary N) is 1. The molecule has 4 heteroatoms. The van der Waals surface area contributed by atoms with E-state index in [9.17, 15) is 0 Å². The highest BCUT2D eigenvalue weighted by Gasteiger charge is 2.15. The molecule has 0 bridgehead atoms. The van der Waals surface area contributed by atoms with E-state index in [-0.39, 0.29) is 6.10 Å². The molecule has 0 radical (unpaired) electrons. The lowest BCUT2D eigenvalue weighted by Crippen LogP contribution is -2.16. The van der Waals surface area contributed by atoms with Gasteiger partial charge in [0.15, 0.2) is 0 Å². The lowest BCUT2D eigenvalue weighted by Gasteiger charge is -2.13. The Morgan fingerprint density at radius 3 is 2.91 bits per heavy atom. The number of hydrogen-bond donors (Lipinski definition) is 1. The summed E-state index contributed by atoms with van der Waals surface area (Å²) in [6.45, 7) is 2.18. The lowest BCUT2D eigenvalue weighted by molar-refractivity contribution is 0.0680. The zero-order valence-corrected chi connectivity index (χ0v) is 13.5. The number of ether oxygens (including phenoxy) is 3. The second-order valence-electron chi connectivity index (χ2n) is 5.64. The van der Waals surface area contributed by atoms with E-state index < -0.39 is 0 Å². The Kier molecular flexibility index (Phi) is 5.37. The topological polar surface area (TPSA) is 39.7 Å². The third-order valence-corrected chi connectivity index (χ3v) is 3.97. The van der Waals surface area contributed by atoms with Gasteiger partial charge in [-0.05, 0) is 31.0 Å². The van der Waals surface area contributed by atoms with Crippen molar-refractivity contribution in [2.24, 2.45) is 0 Å². The zero-order chi connectivity index (χ0) is 15.9. The van der Waals surface area contributed by atoms with Crippen LogP contribution >= 0.6 is 0 Å². The maximum Gasteiger partial charge on any atom is 0.123 e. The quantitative estimate of drug-likeness (QED) is 0.842. The van der Waals surface area contributed by atoms with Crippen molar-refractivity contribution in [3.05, 3.63) is 54.1 Å². The minimum atomic E-state index is 0.236. The van der Waals surface area contributed by atoms with Gasteiger partial charge in [-0.3, -0.25) is 0 Å². The molecule has 0 amide bonds. The van der Waals surface area contributed by atoms with Crippen LogP contribution in [-0.2, 0) is 11.3 Å². The molecule has 1 aliphatic rings. The van der Waals surface area contributed by atoms with E-state index in [1.54, 1.807) is 7.11 Å². The number of hydrogen-bond acceptors (Lipinski definition) is 4. The van der Waals surface area contributed by atoms with E-state index in [0.29, 0.717) is 13.2 Å². The molecule has 0 spiro atoms. The maximum atomic E-state index is 5.84. The fourth-order valence-electron chi connectivity index (χ4n) is 2.71. The molecule has 0 aliphatic carbocycles. The summed E-state index contributed by atoms with van der Waals surface area (Å²) in [4.78, 5) is 0. The highest BCUT2D eigenvalue weighted by molar-refractivity contribution is 5.49. The van der Waals surface area contributed by atoms with Crippen molar-refractivity contribution < 1.29 is 14.2 Å². The molecule has 1 unspecified atom stereocenters. The minimum absolute atomic E-state index is 0.236. The molecule has 0 saturated carbocycles. The highest BCUT2D eigenvalue weighted by atomic mass is 16.5. The Labute approximate surface area is 137 Å². The van der Waals surface area contributed by atoms with E-state index in [0.717, 1.165) is 42.2 Å². The Bertz CT molecular complexity index is 624. The average Bonchev–Trinajstić information content (AvgIpc) is 3.12. The van der Waals surface area contributed by atoms with E-state index >= 15 is 0 Å². The Hall–Kier alpha value is -2.20. The Morgan fingerprint density at radius 1 is 1.17 bits per heavy atom. The van der Waals surface area contributed by atoms with Crippen LogP contribution in [0.4, 0.5) is 5.69 Å². The van der Waals surface area contributed by atoms with Crippen molar-refractivity contribution in [2.45, 2.75) is 25.5 Å². The van der Waals surface area contributed by atoms with Gasteiger partial charge in [0.1, 0.15) is 18.1 Å². The van der Waals surface area contributed by atoms with Crippen LogP contribution in [0.2, 0.25) is 0 Å².